The Morgan fingerprint density at radius 3 is 2.42 bits per heavy atom. The van der Waals surface area contributed by atoms with Crippen molar-refractivity contribution in [1.82, 2.24) is 4.57 Å². The summed E-state index contributed by atoms with van der Waals surface area (Å²) < 4.78 is 6.70. The normalized spacial score (nSPS) is 10.8. The van der Waals surface area contributed by atoms with E-state index in [0.29, 0.717) is 5.58 Å². The van der Waals surface area contributed by atoms with Crippen molar-refractivity contribution in [3.8, 4) is 11.1 Å². The monoisotopic (exact) mass is 254 g/mol. The first-order valence-corrected chi connectivity index (χ1v) is 6.07. The minimum atomic E-state index is -0.335. The summed E-state index contributed by atoms with van der Waals surface area (Å²) in [6, 6.07) is 13.9. The molecule has 3 aromatic rings. The first-order chi connectivity index (χ1) is 9.19. The lowest BCUT2D eigenvalue weighted by molar-refractivity contribution is 0.528. The highest BCUT2D eigenvalue weighted by Crippen LogP contribution is 2.25. The summed E-state index contributed by atoms with van der Waals surface area (Å²) in [7, 11) is 3.59. The van der Waals surface area contributed by atoms with Gasteiger partial charge in [0.25, 0.3) is 0 Å². The molecular weight excluding hydrogens is 240 g/mol. The van der Waals surface area contributed by atoms with Gasteiger partial charge in [0.1, 0.15) is 0 Å². The number of aryl methyl sites for hydroxylation is 1. The highest BCUT2D eigenvalue weighted by Gasteiger charge is 2.07. The van der Waals surface area contributed by atoms with Crippen LogP contribution in [0.3, 0.4) is 0 Å². The Morgan fingerprint density at radius 2 is 1.74 bits per heavy atom. The van der Waals surface area contributed by atoms with Crippen LogP contribution in [0.5, 0.6) is 0 Å². The maximum absolute atomic E-state index is 11.5. The predicted octanol–water partition coefficient (Wildman–Crippen LogP) is 2.84. The second-order valence-electron chi connectivity index (χ2n) is 4.44. The number of rotatable bonds is 2. The number of aromatic nitrogens is 1. The van der Waals surface area contributed by atoms with Gasteiger partial charge in [0.2, 0.25) is 0 Å². The third-order valence-electron chi connectivity index (χ3n) is 3.30. The van der Waals surface area contributed by atoms with Crippen molar-refractivity contribution in [3.05, 3.63) is 53.0 Å². The smallest absolute Gasteiger partial charge is 0.408 e. The number of nitrogens with one attached hydrogen (secondary N) is 1. The maximum atomic E-state index is 11.5. The molecule has 1 heterocycles. The van der Waals surface area contributed by atoms with E-state index in [1.807, 2.05) is 49.5 Å². The van der Waals surface area contributed by atoms with Gasteiger partial charge >= 0.3 is 5.76 Å². The predicted molar refractivity (Wildman–Crippen MR) is 76.4 cm³/mol. The quantitative estimate of drug-likeness (QED) is 0.765. The second-order valence-corrected chi connectivity index (χ2v) is 4.44. The number of hydrogen-bond donors (Lipinski definition) is 1. The maximum Gasteiger partial charge on any atom is 0.419 e. The summed E-state index contributed by atoms with van der Waals surface area (Å²) >= 11 is 0. The second kappa shape index (κ2) is 4.31. The van der Waals surface area contributed by atoms with Gasteiger partial charge in [-0.3, -0.25) is 4.57 Å². The van der Waals surface area contributed by atoms with Crippen LogP contribution in [-0.4, -0.2) is 11.6 Å². The molecule has 0 saturated carbocycles. The largest absolute Gasteiger partial charge is 0.419 e. The molecule has 1 aromatic heterocycles. The van der Waals surface area contributed by atoms with Gasteiger partial charge in [-0.05, 0) is 35.4 Å². The first-order valence-electron chi connectivity index (χ1n) is 6.07. The molecule has 0 fully saturated rings. The van der Waals surface area contributed by atoms with Gasteiger partial charge < -0.3 is 9.73 Å². The Labute approximate surface area is 110 Å². The van der Waals surface area contributed by atoms with Crippen LogP contribution in [0.25, 0.3) is 22.2 Å². The lowest BCUT2D eigenvalue weighted by Crippen LogP contribution is -2.08. The highest BCUT2D eigenvalue weighted by molar-refractivity contribution is 5.80. The van der Waals surface area contributed by atoms with E-state index in [1.165, 1.54) is 4.57 Å². The molecule has 0 amide bonds. The van der Waals surface area contributed by atoms with Crippen LogP contribution in [0.4, 0.5) is 5.69 Å². The lowest BCUT2D eigenvalue weighted by Gasteiger charge is -2.04. The van der Waals surface area contributed by atoms with E-state index in [0.717, 1.165) is 22.3 Å². The molecule has 19 heavy (non-hydrogen) atoms. The zero-order valence-electron chi connectivity index (χ0n) is 10.8. The van der Waals surface area contributed by atoms with Crippen LogP contribution in [0.2, 0.25) is 0 Å². The average Bonchev–Trinajstić information content (AvgIpc) is 2.74. The van der Waals surface area contributed by atoms with E-state index < -0.39 is 0 Å². The molecule has 2 aromatic carbocycles. The van der Waals surface area contributed by atoms with Crippen molar-refractivity contribution in [2.24, 2.45) is 7.05 Å². The van der Waals surface area contributed by atoms with Gasteiger partial charge in [-0.15, -0.1) is 0 Å². The fourth-order valence-electron chi connectivity index (χ4n) is 2.14. The molecule has 0 aliphatic heterocycles. The molecular formula is C15H14N2O2. The van der Waals surface area contributed by atoms with Crippen LogP contribution in [0.15, 0.2) is 51.7 Å². The fraction of sp³-hybridized carbons (Fsp3) is 0.133. The fourth-order valence-corrected chi connectivity index (χ4v) is 2.14. The molecule has 4 heteroatoms. The topological polar surface area (TPSA) is 47.2 Å². The Hall–Kier alpha value is -2.49. The van der Waals surface area contributed by atoms with E-state index in [1.54, 1.807) is 7.05 Å². The molecule has 4 nitrogen and oxygen atoms in total. The number of fused-ring (bicyclic) bond motifs is 1. The van der Waals surface area contributed by atoms with Crippen LogP contribution in [0.1, 0.15) is 0 Å². The Balaban J connectivity index is 2.11. The Bertz CT molecular complexity index is 782. The van der Waals surface area contributed by atoms with Crippen LogP contribution < -0.4 is 11.1 Å². The van der Waals surface area contributed by atoms with E-state index >= 15 is 0 Å². The van der Waals surface area contributed by atoms with E-state index in [-0.39, 0.29) is 5.76 Å². The van der Waals surface area contributed by atoms with E-state index in [9.17, 15) is 4.79 Å². The zero-order valence-corrected chi connectivity index (χ0v) is 10.8. The Morgan fingerprint density at radius 1 is 1.05 bits per heavy atom. The number of anilines is 1. The molecule has 0 bridgehead atoms. The van der Waals surface area contributed by atoms with Crippen molar-refractivity contribution in [2.45, 2.75) is 0 Å². The van der Waals surface area contributed by atoms with E-state index in [2.05, 4.69) is 5.32 Å². The first kappa shape index (κ1) is 11.6. The average molecular weight is 254 g/mol. The number of hydrogen-bond acceptors (Lipinski definition) is 3. The van der Waals surface area contributed by atoms with Gasteiger partial charge in [-0.2, -0.15) is 0 Å². The van der Waals surface area contributed by atoms with Crippen molar-refractivity contribution < 1.29 is 4.42 Å². The van der Waals surface area contributed by atoms with Crippen molar-refractivity contribution in [1.29, 1.82) is 0 Å². The summed E-state index contributed by atoms with van der Waals surface area (Å²) in [4.78, 5) is 11.5. The van der Waals surface area contributed by atoms with Crippen molar-refractivity contribution in [3.63, 3.8) is 0 Å². The third-order valence-corrected chi connectivity index (χ3v) is 3.30. The minimum Gasteiger partial charge on any atom is -0.408 e. The molecule has 3 rings (SSSR count). The molecule has 0 saturated heterocycles. The van der Waals surface area contributed by atoms with Crippen LogP contribution in [0, 0.1) is 0 Å². The van der Waals surface area contributed by atoms with Gasteiger partial charge in [0.05, 0.1) is 5.52 Å². The standard InChI is InChI=1S/C15H14N2O2/c1-16-12-6-3-10(4-7-12)11-5-8-13-14(9-11)19-15(18)17(13)2/h3-9,16H,1-2H3. The summed E-state index contributed by atoms with van der Waals surface area (Å²) in [6.07, 6.45) is 0. The summed E-state index contributed by atoms with van der Waals surface area (Å²) in [6.45, 7) is 0. The highest BCUT2D eigenvalue weighted by atomic mass is 16.4. The van der Waals surface area contributed by atoms with Gasteiger partial charge in [-0.1, -0.05) is 18.2 Å². The minimum absolute atomic E-state index is 0.335. The summed E-state index contributed by atoms with van der Waals surface area (Å²) in [5.41, 5.74) is 4.61. The number of benzene rings is 2. The van der Waals surface area contributed by atoms with Crippen LogP contribution in [-0.2, 0) is 7.05 Å². The van der Waals surface area contributed by atoms with Gasteiger partial charge in [0.15, 0.2) is 5.58 Å². The summed E-state index contributed by atoms with van der Waals surface area (Å²) in [5, 5.41) is 3.08. The van der Waals surface area contributed by atoms with Crippen molar-refractivity contribution >= 4 is 16.8 Å². The van der Waals surface area contributed by atoms with Gasteiger partial charge in [-0.25, -0.2) is 4.79 Å². The molecule has 0 spiro atoms. The Kier molecular flexibility index (Phi) is 2.63. The summed E-state index contributed by atoms with van der Waals surface area (Å²) in [5.74, 6) is -0.335. The van der Waals surface area contributed by atoms with Crippen molar-refractivity contribution in [2.75, 3.05) is 12.4 Å². The number of nitrogens with zero attached hydrogens (tertiary/aromatic N) is 1. The molecule has 0 aliphatic carbocycles. The van der Waals surface area contributed by atoms with Crippen LogP contribution >= 0.6 is 0 Å². The lowest BCUT2D eigenvalue weighted by atomic mass is 10.1. The zero-order chi connectivity index (χ0) is 13.4. The molecule has 0 radical (unpaired) electrons. The molecule has 1 N–H and O–H groups in total. The van der Waals surface area contributed by atoms with Gasteiger partial charge in [0, 0.05) is 19.8 Å². The molecule has 96 valence electrons. The SMILES string of the molecule is CNc1ccc(-c2ccc3c(c2)oc(=O)n3C)cc1. The molecule has 0 aliphatic rings. The molecule has 0 atom stereocenters. The van der Waals surface area contributed by atoms with E-state index in [4.69, 9.17) is 4.42 Å². The molecule has 0 unspecified atom stereocenters. The third kappa shape index (κ3) is 1.91. The number of oxazole rings is 1.